The second kappa shape index (κ2) is 4.59. The van der Waals surface area contributed by atoms with Crippen molar-refractivity contribution >= 4 is 6.08 Å². The van der Waals surface area contributed by atoms with E-state index in [1.807, 2.05) is 0 Å². The fraction of sp³-hybridized carbons (Fsp3) is 0.364. The summed E-state index contributed by atoms with van der Waals surface area (Å²) in [6.07, 6.45) is -3.35. The van der Waals surface area contributed by atoms with Crippen LogP contribution in [0.5, 0.6) is 5.75 Å². The molecule has 1 aromatic carbocycles. The molecular formula is C11H10F3NO2. The topological polar surface area (TPSA) is 38.7 Å². The van der Waals surface area contributed by atoms with Crippen molar-refractivity contribution in [1.29, 1.82) is 0 Å². The molecule has 0 unspecified atom stereocenters. The number of aliphatic imine (C=N–C) groups is 1. The van der Waals surface area contributed by atoms with Gasteiger partial charge in [0.1, 0.15) is 5.75 Å². The first-order chi connectivity index (χ1) is 7.74. The first-order valence-electron chi connectivity index (χ1n) is 4.70. The van der Waals surface area contributed by atoms with Crippen LogP contribution in [0.3, 0.4) is 0 Å². The van der Waals surface area contributed by atoms with Gasteiger partial charge in [0, 0.05) is 0 Å². The number of halogens is 3. The maximum Gasteiger partial charge on any atom is 0.573 e. The highest BCUT2D eigenvalue weighted by atomic mass is 19.4. The first-order valence-corrected chi connectivity index (χ1v) is 4.70. The molecule has 0 aliphatic rings. The Morgan fingerprint density at radius 1 is 1.29 bits per heavy atom. The number of benzene rings is 1. The van der Waals surface area contributed by atoms with Crippen LogP contribution in [-0.2, 0) is 10.3 Å². The first kappa shape index (κ1) is 13.3. The number of carbonyl (C=O) groups excluding carboxylic acids is 1. The Hall–Kier alpha value is -1.81. The van der Waals surface area contributed by atoms with Crippen molar-refractivity contribution in [3.05, 3.63) is 29.8 Å². The molecule has 0 spiro atoms. The number of hydrogen-bond donors (Lipinski definition) is 0. The van der Waals surface area contributed by atoms with Crippen LogP contribution in [0.15, 0.2) is 29.3 Å². The molecule has 1 aromatic rings. The van der Waals surface area contributed by atoms with Crippen LogP contribution >= 0.6 is 0 Å². The van der Waals surface area contributed by atoms with Crippen molar-refractivity contribution in [2.75, 3.05) is 0 Å². The lowest BCUT2D eigenvalue weighted by atomic mass is 9.95. The van der Waals surface area contributed by atoms with Crippen LogP contribution in [0.2, 0.25) is 0 Å². The highest BCUT2D eigenvalue weighted by molar-refractivity contribution is 5.39. The van der Waals surface area contributed by atoms with Crippen LogP contribution in [0, 0.1) is 0 Å². The van der Waals surface area contributed by atoms with Gasteiger partial charge in [0.25, 0.3) is 0 Å². The zero-order valence-corrected chi connectivity index (χ0v) is 9.21. The Morgan fingerprint density at radius 3 is 2.47 bits per heavy atom. The second-order valence-electron chi connectivity index (χ2n) is 3.84. The number of nitrogens with zero attached hydrogens (tertiary/aromatic N) is 1. The van der Waals surface area contributed by atoms with Crippen LogP contribution in [-0.4, -0.2) is 12.4 Å². The van der Waals surface area contributed by atoms with Gasteiger partial charge in [-0.15, -0.1) is 13.2 Å². The van der Waals surface area contributed by atoms with Crippen molar-refractivity contribution in [3.8, 4) is 5.75 Å². The molecule has 0 saturated heterocycles. The van der Waals surface area contributed by atoms with Gasteiger partial charge >= 0.3 is 6.36 Å². The number of ether oxygens (including phenoxy) is 1. The number of isocyanates is 1. The van der Waals surface area contributed by atoms with Gasteiger partial charge in [0.2, 0.25) is 6.08 Å². The van der Waals surface area contributed by atoms with Crippen molar-refractivity contribution in [2.24, 2.45) is 4.99 Å². The fourth-order valence-corrected chi connectivity index (χ4v) is 1.25. The Bertz CT molecular complexity index is 448. The summed E-state index contributed by atoms with van der Waals surface area (Å²) in [6, 6.07) is 5.33. The highest BCUT2D eigenvalue weighted by Crippen LogP contribution is 2.29. The van der Waals surface area contributed by atoms with E-state index in [0.29, 0.717) is 5.56 Å². The molecule has 0 aliphatic carbocycles. The van der Waals surface area contributed by atoms with E-state index in [1.54, 1.807) is 19.9 Å². The van der Waals surface area contributed by atoms with Crippen LogP contribution in [0.25, 0.3) is 0 Å². The van der Waals surface area contributed by atoms with E-state index < -0.39 is 11.9 Å². The molecular weight excluding hydrogens is 235 g/mol. The van der Waals surface area contributed by atoms with Crippen LogP contribution in [0.1, 0.15) is 19.4 Å². The third-order valence-electron chi connectivity index (χ3n) is 2.10. The summed E-state index contributed by atoms with van der Waals surface area (Å²) in [4.78, 5) is 13.7. The largest absolute Gasteiger partial charge is 0.573 e. The second-order valence-corrected chi connectivity index (χ2v) is 3.84. The molecule has 0 fully saturated rings. The predicted octanol–water partition coefficient (Wildman–Crippen LogP) is 3.16. The average Bonchev–Trinajstić information content (AvgIpc) is 2.15. The van der Waals surface area contributed by atoms with E-state index in [9.17, 15) is 18.0 Å². The number of hydrogen-bond acceptors (Lipinski definition) is 3. The van der Waals surface area contributed by atoms with E-state index in [1.165, 1.54) is 24.3 Å². The van der Waals surface area contributed by atoms with Crippen molar-refractivity contribution in [3.63, 3.8) is 0 Å². The summed E-state index contributed by atoms with van der Waals surface area (Å²) < 4.78 is 39.8. The lowest BCUT2D eigenvalue weighted by Crippen LogP contribution is -2.18. The molecule has 0 aliphatic heterocycles. The molecule has 3 nitrogen and oxygen atoms in total. The predicted molar refractivity (Wildman–Crippen MR) is 54.3 cm³/mol. The minimum atomic E-state index is -4.74. The molecule has 0 saturated carbocycles. The van der Waals surface area contributed by atoms with Gasteiger partial charge in [-0.05, 0) is 31.5 Å². The Balaban J connectivity index is 3.05. The van der Waals surface area contributed by atoms with Gasteiger partial charge in [-0.3, -0.25) is 0 Å². The molecule has 0 N–H and O–H groups in total. The Kier molecular flexibility index (Phi) is 3.58. The molecule has 6 heteroatoms. The summed E-state index contributed by atoms with van der Waals surface area (Å²) in [5.74, 6) is -0.343. The van der Waals surface area contributed by atoms with E-state index in [2.05, 4.69) is 9.73 Å². The summed E-state index contributed by atoms with van der Waals surface area (Å²) in [6.45, 7) is 3.18. The summed E-state index contributed by atoms with van der Waals surface area (Å²) in [7, 11) is 0. The fourth-order valence-electron chi connectivity index (χ4n) is 1.25. The lowest BCUT2D eigenvalue weighted by Gasteiger charge is -2.19. The van der Waals surface area contributed by atoms with E-state index in [-0.39, 0.29) is 5.75 Å². The van der Waals surface area contributed by atoms with Gasteiger partial charge in [-0.1, -0.05) is 12.1 Å². The van der Waals surface area contributed by atoms with Gasteiger partial charge in [0.05, 0.1) is 5.54 Å². The summed E-state index contributed by atoms with van der Waals surface area (Å²) >= 11 is 0. The Morgan fingerprint density at radius 2 is 1.94 bits per heavy atom. The van der Waals surface area contributed by atoms with Crippen LogP contribution < -0.4 is 4.74 Å². The third-order valence-corrected chi connectivity index (χ3v) is 2.10. The smallest absolute Gasteiger partial charge is 0.406 e. The van der Waals surface area contributed by atoms with Gasteiger partial charge in [-0.2, -0.15) is 4.99 Å². The maximum absolute atomic E-state index is 12.0. The standard InChI is InChI=1S/C11H10F3NO2/c1-10(2,15-7-16)8-4-3-5-9(6-8)17-11(12,13)14/h3-6H,1-2H3. The van der Waals surface area contributed by atoms with Gasteiger partial charge in [-0.25, -0.2) is 4.79 Å². The average molecular weight is 245 g/mol. The van der Waals surface area contributed by atoms with Gasteiger partial charge in [0.15, 0.2) is 0 Å². The SMILES string of the molecule is CC(C)(N=C=O)c1cccc(OC(F)(F)F)c1. The Labute approximate surface area is 95.9 Å². The molecule has 0 atom stereocenters. The molecule has 0 radical (unpaired) electrons. The highest BCUT2D eigenvalue weighted by Gasteiger charge is 2.31. The quantitative estimate of drug-likeness (QED) is 0.606. The normalized spacial score (nSPS) is 11.8. The van der Waals surface area contributed by atoms with E-state index >= 15 is 0 Å². The van der Waals surface area contributed by atoms with Gasteiger partial charge < -0.3 is 4.74 Å². The lowest BCUT2D eigenvalue weighted by molar-refractivity contribution is -0.274. The molecule has 0 heterocycles. The molecule has 0 aromatic heterocycles. The summed E-state index contributed by atoms with van der Waals surface area (Å²) in [5, 5.41) is 0. The summed E-state index contributed by atoms with van der Waals surface area (Å²) in [5.41, 5.74) is -0.505. The van der Waals surface area contributed by atoms with Crippen molar-refractivity contribution < 1.29 is 22.7 Å². The zero-order valence-electron chi connectivity index (χ0n) is 9.21. The minimum absolute atomic E-state index is 0.343. The number of alkyl halides is 3. The van der Waals surface area contributed by atoms with E-state index in [4.69, 9.17) is 0 Å². The number of rotatable bonds is 3. The zero-order chi connectivity index (χ0) is 13.1. The van der Waals surface area contributed by atoms with Crippen molar-refractivity contribution in [2.45, 2.75) is 25.7 Å². The third kappa shape index (κ3) is 3.92. The molecule has 0 bridgehead atoms. The van der Waals surface area contributed by atoms with E-state index in [0.717, 1.165) is 0 Å². The minimum Gasteiger partial charge on any atom is -0.406 e. The monoisotopic (exact) mass is 245 g/mol. The molecule has 0 amide bonds. The van der Waals surface area contributed by atoms with Crippen molar-refractivity contribution in [1.82, 2.24) is 0 Å². The maximum atomic E-state index is 12.0. The van der Waals surface area contributed by atoms with Crippen LogP contribution in [0.4, 0.5) is 13.2 Å². The molecule has 1 rings (SSSR count). The molecule has 92 valence electrons. The molecule has 17 heavy (non-hydrogen) atoms.